The molecule has 0 aliphatic heterocycles. The smallest absolute Gasteiger partial charge is 0.345 e. The molecule has 0 aromatic heterocycles. The summed E-state index contributed by atoms with van der Waals surface area (Å²) in [7, 11) is 0. The van der Waals surface area contributed by atoms with Crippen LogP contribution in [0.3, 0.4) is 0 Å². The Morgan fingerprint density at radius 1 is 0.675 bits per heavy atom. The Labute approximate surface area is 235 Å². The second-order valence-electron chi connectivity index (χ2n) is 11.1. The van der Waals surface area contributed by atoms with Gasteiger partial charge in [0.25, 0.3) is 0 Å². The maximum atomic E-state index is 14.1. The number of carbonyl (C=O) groups is 3. The van der Waals surface area contributed by atoms with Gasteiger partial charge in [-0.05, 0) is 91.4 Å². The Balaban J connectivity index is 1.62. The van der Waals surface area contributed by atoms with Gasteiger partial charge in [0.2, 0.25) is 0 Å². The molecule has 3 saturated carbocycles. The summed E-state index contributed by atoms with van der Waals surface area (Å²) >= 11 is 0. The van der Waals surface area contributed by atoms with Gasteiger partial charge in [0.15, 0.2) is 11.4 Å². The first-order valence-corrected chi connectivity index (χ1v) is 14.4. The van der Waals surface area contributed by atoms with Gasteiger partial charge < -0.3 is 19.7 Å². The molecule has 3 fully saturated rings. The molecule has 5 rings (SSSR count). The van der Waals surface area contributed by atoms with Crippen molar-refractivity contribution in [2.24, 2.45) is 23.7 Å². The Kier molecular flexibility index (Phi) is 8.52. The number of rotatable bonds is 8. The van der Waals surface area contributed by atoms with Gasteiger partial charge >= 0.3 is 11.9 Å². The average Bonchev–Trinajstić information content (AvgIpc) is 3.26. The van der Waals surface area contributed by atoms with Crippen LogP contribution in [0.2, 0.25) is 0 Å². The normalized spacial score (nSPS) is 27.2. The lowest BCUT2D eigenvalue weighted by atomic mass is 9.54. The second kappa shape index (κ2) is 12.1. The monoisotopic (exact) mass is 546 g/mol. The van der Waals surface area contributed by atoms with Crippen molar-refractivity contribution in [3.05, 3.63) is 81.9 Å². The number of aliphatic hydroxyl groups excluding tert-OH is 2. The van der Waals surface area contributed by atoms with Gasteiger partial charge in [-0.25, -0.2) is 9.59 Å². The highest BCUT2D eigenvalue weighted by Gasteiger charge is 2.59. The Morgan fingerprint density at radius 3 is 1.50 bits per heavy atom. The minimum Gasteiger partial charge on any atom is -0.462 e. The third-order valence-corrected chi connectivity index (χ3v) is 9.26. The van der Waals surface area contributed by atoms with Crippen molar-refractivity contribution < 1.29 is 34.1 Å². The molecule has 0 saturated heterocycles. The van der Waals surface area contributed by atoms with Crippen molar-refractivity contribution in [2.75, 3.05) is 13.2 Å². The molecule has 0 bridgehead atoms. The first-order chi connectivity index (χ1) is 19.4. The quantitative estimate of drug-likeness (QED) is 0.216. The zero-order valence-corrected chi connectivity index (χ0v) is 23.2. The molecule has 0 radical (unpaired) electrons. The molecule has 2 aromatic carbocycles. The lowest BCUT2D eigenvalue weighted by Crippen LogP contribution is -2.42. The number of hydrogen-bond donors (Lipinski definition) is 2. The lowest BCUT2D eigenvalue weighted by molar-refractivity contribution is -0.147. The van der Waals surface area contributed by atoms with Crippen LogP contribution in [0.25, 0.3) is 0 Å². The average molecular weight is 547 g/mol. The zero-order valence-electron chi connectivity index (χ0n) is 23.2. The van der Waals surface area contributed by atoms with Gasteiger partial charge in [-0.15, -0.1) is 0 Å². The summed E-state index contributed by atoms with van der Waals surface area (Å²) in [6, 6.07) is 16.2. The first kappa shape index (κ1) is 28.2. The number of carbonyl (C=O) groups excluding carboxylic acids is 3. The topological polar surface area (TPSA) is 110 Å². The summed E-state index contributed by atoms with van der Waals surface area (Å²) in [6.45, 7) is 3.51. The molecule has 3 aliphatic carbocycles. The highest BCUT2D eigenvalue weighted by molar-refractivity contribution is 6.21. The first-order valence-electron chi connectivity index (χ1n) is 14.4. The standard InChI is InChI=1S/C33H38O7/c1-3-39-32(37)30(33(38)40-4-2)29-25-15-13-23(21-9-5-19(17-34)6-10-21)27-24(14-16-26(28(25)27)31(29)36)22-11-7-20(18-35)8-12-22/h5-12,23-28,34-35H,3-4,13-18H2,1-2H3. The van der Waals surface area contributed by atoms with Gasteiger partial charge in [0.1, 0.15) is 0 Å². The zero-order chi connectivity index (χ0) is 28.4. The Hall–Kier alpha value is -3.29. The molecule has 40 heavy (non-hydrogen) atoms. The number of allylic oxidation sites excluding steroid dienone is 1. The highest BCUT2D eigenvalue weighted by Crippen LogP contribution is 2.63. The Morgan fingerprint density at radius 2 is 1.07 bits per heavy atom. The molecule has 212 valence electrons. The van der Waals surface area contributed by atoms with Gasteiger partial charge in [-0.3, -0.25) is 4.79 Å². The lowest BCUT2D eigenvalue weighted by Gasteiger charge is -2.49. The molecular weight excluding hydrogens is 508 g/mol. The van der Waals surface area contributed by atoms with E-state index in [1.165, 1.54) is 11.1 Å². The van der Waals surface area contributed by atoms with E-state index in [4.69, 9.17) is 9.47 Å². The maximum absolute atomic E-state index is 14.1. The molecule has 6 atom stereocenters. The number of benzene rings is 2. The molecule has 2 aromatic rings. The van der Waals surface area contributed by atoms with E-state index in [2.05, 4.69) is 24.3 Å². The largest absolute Gasteiger partial charge is 0.462 e. The number of ether oxygens (including phenoxy) is 2. The number of Topliss-reactive ketones (excluding diaryl/α,β-unsaturated/α-hetero) is 1. The number of hydrogen-bond acceptors (Lipinski definition) is 7. The minimum atomic E-state index is -0.780. The predicted molar refractivity (Wildman–Crippen MR) is 148 cm³/mol. The fraction of sp³-hybridized carbons (Fsp3) is 0.485. The fourth-order valence-corrected chi connectivity index (χ4v) is 7.68. The molecule has 0 spiro atoms. The van der Waals surface area contributed by atoms with Crippen LogP contribution in [0.5, 0.6) is 0 Å². The molecule has 7 nitrogen and oxygen atoms in total. The molecule has 0 amide bonds. The summed E-state index contributed by atoms with van der Waals surface area (Å²) in [5.41, 5.74) is 4.15. The van der Waals surface area contributed by atoms with Crippen molar-refractivity contribution in [3.63, 3.8) is 0 Å². The van der Waals surface area contributed by atoms with E-state index in [-0.39, 0.29) is 73.3 Å². The van der Waals surface area contributed by atoms with Crippen molar-refractivity contribution >= 4 is 17.7 Å². The summed E-state index contributed by atoms with van der Waals surface area (Å²) < 4.78 is 10.5. The fourth-order valence-electron chi connectivity index (χ4n) is 7.68. The van der Waals surface area contributed by atoms with Crippen molar-refractivity contribution in [3.8, 4) is 0 Å². The molecule has 7 heteroatoms. The van der Waals surface area contributed by atoms with Crippen LogP contribution in [0.15, 0.2) is 59.7 Å². The third kappa shape index (κ3) is 5.01. The minimum absolute atomic E-state index is 0.0195. The van der Waals surface area contributed by atoms with E-state index < -0.39 is 11.9 Å². The SMILES string of the molecule is CCOC(=O)C(C(=O)OCC)=C1C(=O)C2CCC(c3ccc(CO)cc3)C3C(c4ccc(CO)cc4)CCC1C23. The van der Waals surface area contributed by atoms with Crippen molar-refractivity contribution in [1.29, 1.82) is 0 Å². The highest BCUT2D eigenvalue weighted by atomic mass is 16.6. The van der Waals surface area contributed by atoms with E-state index in [1.54, 1.807) is 13.8 Å². The van der Waals surface area contributed by atoms with Crippen LogP contribution in [-0.2, 0) is 37.1 Å². The van der Waals surface area contributed by atoms with Crippen LogP contribution < -0.4 is 0 Å². The maximum Gasteiger partial charge on any atom is 0.345 e. The molecule has 2 N–H and O–H groups in total. The number of ketones is 1. The van der Waals surface area contributed by atoms with Crippen LogP contribution >= 0.6 is 0 Å². The van der Waals surface area contributed by atoms with E-state index >= 15 is 0 Å². The molecule has 0 heterocycles. The van der Waals surface area contributed by atoms with Crippen LogP contribution in [0.4, 0.5) is 0 Å². The van der Waals surface area contributed by atoms with E-state index in [9.17, 15) is 24.6 Å². The van der Waals surface area contributed by atoms with Crippen molar-refractivity contribution in [1.82, 2.24) is 0 Å². The summed E-state index contributed by atoms with van der Waals surface area (Å²) in [5, 5.41) is 19.2. The summed E-state index contributed by atoms with van der Waals surface area (Å²) in [5.74, 6) is -1.70. The third-order valence-electron chi connectivity index (χ3n) is 9.26. The number of esters is 2. The van der Waals surface area contributed by atoms with E-state index in [0.717, 1.165) is 24.0 Å². The Bertz CT molecular complexity index is 1210. The van der Waals surface area contributed by atoms with Gasteiger partial charge in [-0.1, -0.05) is 48.5 Å². The van der Waals surface area contributed by atoms with Gasteiger partial charge in [-0.2, -0.15) is 0 Å². The summed E-state index contributed by atoms with van der Waals surface area (Å²) in [4.78, 5) is 40.2. The van der Waals surface area contributed by atoms with Crippen LogP contribution in [0.1, 0.15) is 73.6 Å². The van der Waals surface area contributed by atoms with Crippen molar-refractivity contribution in [2.45, 2.75) is 64.6 Å². The van der Waals surface area contributed by atoms with E-state index in [1.807, 2.05) is 24.3 Å². The van der Waals surface area contributed by atoms with E-state index in [0.29, 0.717) is 18.4 Å². The number of aliphatic hydroxyl groups is 2. The van der Waals surface area contributed by atoms with Crippen LogP contribution in [0, 0.1) is 23.7 Å². The second-order valence-corrected chi connectivity index (χ2v) is 11.1. The molecule has 6 unspecified atom stereocenters. The summed E-state index contributed by atoms with van der Waals surface area (Å²) in [6.07, 6.45) is 2.98. The molecule has 3 aliphatic rings. The van der Waals surface area contributed by atoms with Crippen LogP contribution in [-0.4, -0.2) is 41.1 Å². The van der Waals surface area contributed by atoms with Gasteiger partial charge in [0.05, 0.1) is 26.4 Å². The predicted octanol–water partition coefficient (Wildman–Crippen LogP) is 4.60. The molecular formula is C33H38O7. The van der Waals surface area contributed by atoms with Gasteiger partial charge in [0, 0.05) is 11.5 Å².